The second kappa shape index (κ2) is 4.19. The molecule has 84 valence electrons. The van der Waals surface area contributed by atoms with Crippen LogP contribution in [-0.4, -0.2) is 48.6 Å². The molecule has 0 radical (unpaired) electrons. The molecular formula is C12H26N2. The van der Waals surface area contributed by atoms with Crippen LogP contribution >= 0.6 is 0 Å². The Bertz CT molecular complexity index is 183. The lowest BCUT2D eigenvalue weighted by Gasteiger charge is -2.44. The highest BCUT2D eigenvalue weighted by Crippen LogP contribution is 2.20. The summed E-state index contributed by atoms with van der Waals surface area (Å²) in [5.74, 6) is 0. The zero-order valence-corrected chi connectivity index (χ0v) is 10.7. The minimum atomic E-state index is 0.421. The van der Waals surface area contributed by atoms with Crippen LogP contribution in [0, 0.1) is 5.41 Å². The Labute approximate surface area is 89.3 Å². The molecule has 0 aromatic heterocycles. The molecule has 14 heavy (non-hydrogen) atoms. The van der Waals surface area contributed by atoms with Gasteiger partial charge < -0.3 is 4.90 Å². The van der Waals surface area contributed by atoms with Crippen molar-refractivity contribution < 1.29 is 0 Å². The van der Waals surface area contributed by atoms with Crippen LogP contribution in [0.25, 0.3) is 0 Å². The fraction of sp³-hybridized carbons (Fsp3) is 1.00. The molecule has 0 aromatic carbocycles. The molecule has 1 aliphatic rings. The average molecular weight is 198 g/mol. The monoisotopic (exact) mass is 198 g/mol. The highest BCUT2D eigenvalue weighted by molar-refractivity contribution is 4.84. The first kappa shape index (κ1) is 12.0. The highest BCUT2D eigenvalue weighted by atomic mass is 15.3. The Hall–Kier alpha value is -0.0800. The molecule has 1 aliphatic heterocycles. The topological polar surface area (TPSA) is 6.48 Å². The number of hydrogen-bond acceptors (Lipinski definition) is 2. The van der Waals surface area contributed by atoms with Crippen LogP contribution in [0.15, 0.2) is 0 Å². The van der Waals surface area contributed by atoms with Gasteiger partial charge in [-0.1, -0.05) is 20.8 Å². The summed E-state index contributed by atoms with van der Waals surface area (Å²) in [5, 5.41) is 0. The van der Waals surface area contributed by atoms with Gasteiger partial charge in [-0.05, 0) is 26.3 Å². The molecule has 0 unspecified atom stereocenters. The maximum atomic E-state index is 2.63. The van der Waals surface area contributed by atoms with Gasteiger partial charge in [0.2, 0.25) is 0 Å². The number of piperazine rings is 1. The molecule has 0 aromatic rings. The van der Waals surface area contributed by atoms with Crippen molar-refractivity contribution in [1.29, 1.82) is 0 Å². The molecule has 1 rings (SSSR count). The first-order chi connectivity index (χ1) is 6.29. The molecule has 1 heterocycles. The minimum absolute atomic E-state index is 0.421. The van der Waals surface area contributed by atoms with E-state index in [4.69, 9.17) is 0 Å². The van der Waals surface area contributed by atoms with Gasteiger partial charge in [0.15, 0.2) is 0 Å². The fourth-order valence-electron chi connectivity index (χ4n) is 2.20. The van der Waals surface area contributed by atoms with Gasteiger partial charge in [0.25, 0.3) is 0 Å². The summed E-state index contributed by atoms with van der Waals surface area (Å²) >= 11 is 0. The molecule has 0 bridgehead atoms. The maximum Gasteiger partial charge on any atom is 0.0195 e. The largest absolute Gasteiger partial charge is 0.301 e. The van der Waals surface area contributed by atoms with E-state index >= 15 is 0 Å². The van der Waals surface area contributed by atoms with Crippen LogP contribution in [0.4, 0.5) is 0 Å². The van der Waals surface area contributed by atoms with Crippen LogP contribution < -0.4 is 0 Å². The van der Waals surface area contributed by atoms with E-state index in [9.17, 15) is 0 Å². The molecular weight excluding hydrogens is 172 g/mol. The normalized spacial score (nSPS) is 32.1. The van der Waals surface area contributed by atoms with Crippen LogP contribution in [0.3, 0.4) is 0 Å². The Morgan fingerprint density at radius 2 is 1.64 bits per heavy atom. The summed E-state index contributed by atoms with van der Waals surface area (Å²) in [5.41, 5.74) is 0.421. The lowest BCUT2D eigenvalue weighted by Crippen LogP contribution is -2.56. The predicted octanol–water partition coefficient (Wildman–Crippen LogP) is 2.06. The molecule has 0 N–H and O–H groups in total. The molecule has 2 heteroatoms. The molecule has 0 amide bonds. The van der Waals surface area contributed by atoms with Crippen LogP contribution in [0.2, 0.25) is 0 Å². The fourth-order valence-corrected chi connectivity index (χ4v) is 2.20. The molecule has 1 fully saturated rings. The Balaban J connectivity index is 2.53. The molecule has 2 atom stereocenters. The van der Waals surface area contributed by atoms with Crippen molar-refractivity contribution in [3.63, 3.8) is 0 Å². The van der Waals surface area contributed by atoms with Crippen molar-refractivity contribution in [2.24, 2.45) is 5.41 Å². The maximum absolute atomic E-state index is 2.63. The van der Waals surface area contributed by atoms with E-state index in [0.29, 0.717) is 17.5 Å². The summed E-state index contributed by atoms with van der Waals surface area (Å²) < 4.78 is 0. The highest BCUT2D eigenvalue weighted by Gasteiger charge is 2.28. The van der Waals surface area contributed by atoms with E-state index in [1.54, 1.807) is 0 Å². The quantitative estimate of drug-likeness (QED) is 0.636. The molecule has 0 aliphatic carbocycles. The first-order valence-corrected chi connectivity index (χ1v) is 5.74. The predicted molar refractivity (Wildman–Crippen MR) is 62.6 cm³/mol. The Morgan fingerprint density at radius 3 is 2.14 bits per heavy atom. The third kappa shape index (κ3) is 3.25. The SMILES string of the molecule is C[C@@H]1CN(CC(C)(C)C)[C@@H](C)CN1C. The summed E-state index contributed by atoms with van der Waals surface area (Å²) in [6, 6.07) is 1.41. The smallest absolute Gasteiger partial charge is 0.0195 e. The number of likely N-dealkylation sites (N-methyl/N-ethyl adjacent to an activating group) is 1. The van der Waals surface area contributed by atoms with Crippen molar-refractivity contribution >= 4 is 0 Å². The van der Waals surface area contributed by atoms with E-state index in [-0.39, 0.29) is 0 Å². The zero-order chi connectivity index (χ0) is 10.9. The van der Waals surface area contributed by atoms with Gasteiger partial charge in [0, 0.05) is 31.7 Å². The molecule has 0 spiro atoms. The van der Waals surface area contributed by atoms with Crippen LogP contribution in [0.1, 0.15) is 34.6 Å². The van der Waals surface area contributed by atoms with E-state index < -0.39 is 0 Å². The van der Waals surface area contributed by atoms with Gasteiger partial charge in [-0.15, -0.1) is 0 Å². The van der Waals surface area contributed by atoms with Gasteiger partial charge in [-0.3, -0.25) is 4.90 Å². The van der Waals surface area contributed by atoms with E-state index in [2.05, 4.69) is 51.5 Å². The van der Waals surface area contributed by atoms with E-state index in [0.717, 1.165) is 0 Å². The second-order valence-electron chi connectivity index (χ2n) is 6.13. The van der Waals surface area contributed by atoms with Crippen molar-refractivity contribution in [3.05, 3.63) is 0 Å². The molecule has 0 saturated carbocycles. The Kier molecular flexibility index (Phi) is 3.59. The number of hydrogen-bond donors (Lipinski definition) is 0. The Morgan fingerprint density at radius 1 is 1.07 bits per heavy atom. The second-order valence-corrected chi connectivity index (χ2v) is 6.13. The third-order valence-electron chi connectivity index (χ3n) is 3.10. The van der Waals surface area contributed by atoms with Crippen LogP contribution in [0.5, 0.6) is 0 Å². The van der Waals surface area contributed by atoms with Gasteiger partial charge in [-0.2, -0.15) is 0 Å². The van der Waals surface area contributed by atoms with Crippen molar-refractivity contribution in [2.75, 3.05) is 26.7 Å². The van der Waals surface area contributed by atoms with Gasteiger partial charge in [0.05, 0.1) is 0 Å². The van der Waals surface area contributed by atoms with Gasteiger partial charge in [0.1, 0.15) is 0 Å². The zero-order valence-electron chi connectivity index (χ0n) is 10.7. The summed E-state index contributed by atoms with van der Waals surface area (Å²) in [7, 11) is 2.23. The van der Waals surface area contributed by atoms with Gasteiger partial charge >= 0.3 is 0 Å². The van der Waals surface area contributed by atoms with Crippen molar-refractivity contribution in [1.82, 2.24) is 9.80 Å². The lowest BCUT2D eigenvalue weighted by atomic mass is 9.94. The number of nitrogens with zero attached hydrogens (tertiary/aromatic N) is 2. The van der Waals surface area contributed by atoms with E-state index in [1.807, 2.05) is 0 Å². The van der Waals surface area contributed by atoms with Crippen molar-refractivity contribution in [3.8, 4) is 0 Å². The average Bonchev–Trinajstić information content (AvgIpc) is 1.97. The van der Waals surface area contributed by atoms with Gasteiger partial charge in [-0.25, -0.2) is 0 Å². The van der Waals surface area contributed by atoms with E-state index in [1.165, 1.54) is 19.6 Å². The summed E-state index contributed by atoms with van der Waals surface area (Å²) in [6.45, 7) is 15.3. The molecule has 1 saturated heterocycles. The summed E-state index contributed by atoms with van der Waals surface area (Å²) in [4.78, 5) is 5.09. The summed E-state index contributed by atoms with van der Waals surface area (Å²) in [6.07, 6.45) is 0. The minimum Gasteiger partial charge on any atom is -0.301 e. The van der Waals surface area contributed by atoms with Crippen LogP contribution in [-0.2, 0) is 0 Å². The molecule has 2 nitrogen and oxygen atoms in total. The van der Waals surface area contributed by atoms with Crippen molar-refractivity contribution in [2.45, 2.75) is 46.7 Å². The third-order valence-corrected chi connectivity index (χ3v) is 3.10. The lowest BCUT2D eigenvalue weighted by molar-refractivity contribution is 0.0376. The first-order valence-electron chi connectivity index (χ1n) is 5.74. The standard InChI is InChI=1S/C12H26N2/c1-10-8-14(9-12(3,4)5)11(2)7-13(10)6/h10-11H,7-9H2,1-6H3/t10-,11+/m1/s1. The number of rotatable bonds is 1.